The molecule has 0 aliphatic carbocycles. The minimum absolute atomic E-state index is 0.0429. The second-order valence-electron chi connectivity index (χ2n) is 8.07. The van der Waals surface area contributed by atoms with Crippen LogP contribution in [-0.4, -0.2) is 37.6 Å². The Hall–Kier alpha value is -1.24. The lowest BCUT2D eigenvalue weighted by atomic mass is 10.0. The Morgan fingerprint density at radius 1 is 1.32 bits per heavy atom. The smallest absolute Gasteiger partial charge is 0.0967 e. The number of aliphatic hydroxyl groups is 1. The quantitative estimate of drug-likeness (QED) is 0.875. The van der Waals surface area contributed by atoms with Gasteiger partial charge in [0.05, 0.1) is 23.5 Å². The number of thiophene rings is 1. The topological polar surface area (TPSA) is 54.2 Å². The minimum atomic E-state index is -0.365. The number of rotatable bonds is 5. The van der Waals surface area contributed by atoms with Gasteiger partial charge in [0.1, 0.15) is 0 Å². The van der Waals surface area contributed by atoms with Crippen molar-refractivity contribution in [2.45, 2.75) is 77.1 Å². The van der Waals surface area contributed by atoms with E-state index in [1.54, 1.807) is 11.3 Å². The standard InChI is InChI=1S/C19H30N4OS/c1-19(2,3)23-14-15(20-21-23)13-22-10-6-4-5-8-16(22)12-17(24)18-9-7-11-25-18/h7,9,11,14,16-17,24H,4-6,8,10,12-13H2,1-3H3. The average Bonchev–Trinajstić information content (AvgIpc) is 3.19. The van der Waals surface area contributed by atoms with Crippen LogP contribution in [0.2, 0.25) is 0 Å². The maximum Gasteiger partial charge on any atom is 0.0967 e. The zero-order valence-electron chi connectivity index (χ0n) is 15.6. The lowest BCUT2D eigenvalue weighted by Crippen LogP contribution is -2.35. The van der Waals surface area contributed by atoms with E-state index in [9.17, 15) is 5.11 Å². The molecule has 0 amide bonds. The Morgan fingerprint density at radius 2 is 2.16 bits per heavy atom. The van der Waals surface area contributed by atoms with E-state index in [1.165, 1.54) is 19.3 Å². The maximum atomic E-state index is 10.6. The second kappa shape index (κ2) is 7.98. The third-order valence-electron chi connectivity index (χ3n) is 4.96. The van der Waals surface area contributed by atoms with Crippen molar-refractivity contribution in [3.8, 4) is 0 Å². The van der Waals surface area contributed by atoms with Crippen molar-refractivity contribution < 1.29 is 5.11 Å². The molecule has 1 aliphatic rings. The van der Waals surface area contributed by atoms with Crippen molar-refractivity contribution in [3.63, 3.8) is 0 Å². The predicted octanol–water partition coefficient (Wildman–Crippen LogP) is 3.96. The zero-order valence-corrected chi connectivity index (χ0v) is 16.4. The highest BCUT2D eigenvalue weighted by Crippen LogP contribution is 2.29. The van der Waals surface area contributed by atoms with Gasteiger partial charge in [-0.25, -0.2) is 4.68 Å². The van der Waals surface area contributed by atoms with E-state index >= 15 is 0 Å². The van der Waals surface area contributed by atoms with Crippen molar-refractivity contribution in [1.29, 1.82) is 0 Å². The summed E-state index contributed by atoms with van der Waals surface area (Å²) in [6.45, 7) is 8.30. The van der Waals surface area contributed by atoms with E-state index in [-0.39, 0.29) is 11.6 Å². The summed E-state index contributed by atoms with van der Waals surface area (Å²) < 4.78 is 1.94. The fraction of sp³-hybridized carbons (Fsp3) is 0.684. The molecule has 1 N–H and O–H groups in total. The molecule has 1 saturated heterocycles. The summed E-state index contributed by atoms with van der Waals surface area (Å²) in [6, 6.07) is 4.45. The molecule has 25 heavy (non-hydrogen) atoms. The first-order valence-corrected chi connectivity index (χ1v) is 10.2. The Balaban J connectivity index is 1.69. The van der Waals surface area contributed by atoms with Crippen molar-refractivity contribution in [2.75, 3.05) is 6.54 Å². The molecule has 0 radical (unpaired) electrons. The lowest BCUT2D eigenvalue weighted by Gasteiger charge is -2.30. The highest BCUT2D eigenvalue weighted by molar-refractivity contribution is 7.10. The van der Waals surface area contributed by atoms with Crippen LogP contribution >= 0.6 is 11.3 Å². The first kappa shape index (κ1) is 18.5. The van der Waals surface area contributed by atoms with Gasteiger partial charge in [0.2, 0.25) is 0 Å². The van der Waals surface area contributed by atoms with Crippen LogP contribution in [0.25, 0.3) is 0 Å². The molecular formula is C19H30N4OS. The molecule has 2 unspecified atom stereocenters. The summed E-state index contributed by atoms with van der Waals surface area (Å²) in [7, 11) is 0. The SMILES string of the molecule is CC(C)(C)n1cc(CN2CCCCCC2CC(O)c2cccs2)nn1. The number of aliphatic hydroxyl groups excluding tert-OH is 1. The van der Waals surface area contributed by atoms with Gasteiger partial charge < -0.3 is 5.11 Å². The number of nitrogens with zero attached hydrogens (tertiary/aromatic N) is 4. The molecule has 0 aromatic carbocycles. The van der Waals surface area contributed by atoms with Crippen LogP contribution in [0.15, 0.2) is 23.7 Å². The summed E-state index contributed by atoms with van der Waals surface area (Å²) in [6.07, 6.45) is 7.39. The summed E-state index contributed by atoms with van der Waals surface area (Å²) >= 11 is 1.64. The molecule has 3 heterocycles. The number of aromatic nitrogens is 3. The lowest BCUT2D eigenvalue weighted by molar-refractivity contribution is 0.0988. The fourth-order valence-corrected chi connectivity index (χ4v) is 4.20. The van der Waals surface area contributed by atoms with Gasteiger partial charge >= 0.3 is 0 Å². The van der Waals surface area contributed by atoms with Gasteiger partial charge in [-0.2, -0.15) is 0 Å². The minimum Gasteiger partial charge on any atom is -0.388 e. The van der Waals surface area contributed by atoms with Crippen molar-refractivity contribution in [3.05, 3.63) is 34.3 Å². The molecule has 2 aromatic rings. The van der Waals surface area contributed by atoms with Gasteiger partial charge in [-0.05, 0) is 58.0 Å². The van der Waals surface area contributed by atoms with Gasteiger partial charge in [0, 0.05) is 17.5 Å². The van der Waals surface area contributed by atoms with Gasteiger partial charge in [0.25, 0.3) is 0 Å². The number of hydrogen-bond acceptors (Lipinski definition) is 5. The van der Waals surface area contributed by atoms with E-state index < -0.39 is 0 Å². The molecule has 5 nitrogen and oxygen atoms in total. The zero-order chi connectivity index (χ0) is 17.9. The first-order valence-electron chi connectivity index (χ1n) is 9.31. The normalized spacial score (nSPS) is 21.2. The van der Waals surface area contributed by atoms with Crippen molar-refractivity contribution >= 4 is 11.3 Å². The van der Waals surface area contributed by atoms with E-state index in [4.69, 9.17) is 0 Å². The molecule has 6 heteroatoms. The van der Waals surface area contributed by atoms with Gasteiger partial charge in [-0.3, -0.25) is 4.90 Å². The molecule has 1 aliphatic heterocycles. The van der Waals surface area contributed by atoms with Crippen LogP contribution in [0.5, 0.6) is 0 Å². The van der Waals surface area contributed by atoms with Gasteiger partial charge in [-0.15, -0.1) is 16.4 Å². The van der Waals surface area contributed by atoms with Crippen molar-refractivity contribution in [1.82, 2.24) is 19.9 Å². The molecule has 138 valence electrons. The Labute approximate surface area is 154 Å². The van der Waals surface area contributed by atoms with E-state index in [0.29, 0.717) is 6.04 Å². The summed E-state index contributed by atoms with van der Waals surface area (Å²) in [4.78, 5) is 3.57. The second-order valence-corrected chi connectivity index (χ2v) is 9.05. The van der Waals surface area contributed by atoms with Crippen LogP contribution < -0.4 is 0 Å². The molecule has 0 spiro atoms. The van der Waals surface area contributed by atoms with Crippen LogP contribution in [-0.2, 0) is 12.1 Å². The molecule has 3 rings (SSSR count). The van der Waals surface area contributed by atoms with E-state index in [1.807, 2.05) is 22.2 Å². The molecule has 2 atom stereocenters. The molecule has 2 aromatic heterocycles. The number of likely N-dealkylation sites (tertiary alicyclic amines) is 1. The van der Waals surface area contributed by atoms with Crippen LogP contribution in [0.3, 0.4) is 0 Å². The summed E-state index contributed by atoms with van der Waals surface area (Å²) in [5, 5.41) is 21.3. The van der Waals surface area contributed by atoms with Crippen LogP contribution in [0.4, 0.5) is 0 Å². The molecule has 0 bridgehead atoms. The highest BCUT2D eigenvalue weighted by atomic mass is 32.1. The number of hydrogen-bond donors (Lipinski definition) is 1. The third-order valence-corrected chi connectivity index (χ3v) is 5.93. The monoisotopic (exact) mass is 362 g/mol. The Kier molecular flexibility index (Phi) is 5.92. The average molecular weight is 363 g/mol. The van der Waals surface area contributed by atoms with E-state index in [0.717, 1.165) is 36.5 Å². The first-order chi connectivity index (χ1) is 11.9. The highest BCUT2D eigenvalue weighted by Gasteiger charge is 2.26. The molecule has 0 saturated carbocycles. The fourth-order valence-electron chi connectivity index (χ4n) is 3.47. The third kappa shape index (κ3) is 4.90. The Bertz CT molecular complexity index is 647. The van der Waals surface area contributed by atoms with Crippen molar-refractivity contribution in [2.24, 2.45) is 0 Å². The van der Waals surface area contributed by atoms with Gasteiger partial charge in [-0.1, -0.05) is 24.1 Å². The van der Waals surface area contributed by atoms with Crippen LogP contribution in [0, 0.1) is 0 Å². The Morgan fingerprint density at radius 3 is 2.84 bits per heavy atom. The summed E-state index contributed by atoms with van der Waals surface area (Å²) in [5.74, 6) is 0. The summed E-state index contributed by atoms with van der Waals surface area (Å²) in [5.41, 5.74) is 0.978. The predicted molar refractivity (Wildman–Crippen MR) is 102 cm³/mol. The van der Waals surface area contributed by atoms with Crippen LogP contribution in [0.1, 0.15) is 69.6 Å². The largest absolute Gasteiger partial charge is 0.388 e. The molecular weight excluding hydrogens is 332 g/mol. The molecule has 1 fully saturated rings. The van der Waals surface area contributed by atoms with E-state index in [2.05, 4.69) is 42.2 Å². The maximum absolute atomic E-state index is 10.6. The van der Waals surface area contributed by atoms with Gasteiger partial charge in [0.15, 0.2) is 0 Å².